The molecular weight excluding hydrogens is 150 g/mol. The average molecular weight is 171 g/mol. The van der Waals surface area contributed by atoms with E-state index in [9.17, 15) is 0 Å². The number of hydrogen-bond acceptors (Lipinski definition) is 3. The van der Waals surface area contributed by atoms with E-state index in [-0.39, 0.29) is 0 Å². The predicted octanol–water partition coefficient (Wildman–Crippen LogP) is 0.148. The Balaban J connectivity index is 2.29. The van der Waals surface area contributed by atoms with E-state index in [1.54, 1.807) is 0 Å². The minimum absolute atomic E-state index is 0.537. The van der Waals surface area contributed by atoms with Crippen LogP contribution in [0.4, 0.5) is 0 Å². The summed E-state index contributed by atoms with van der Waals surface area (Å²) in [5.74, 6) is 0. The summed E-state index contributed by atoms with van der Waals surface area (Å²) in [6, 6.07) is 0.537. The van der Waals surface area contributed by atoms with Gasteiger partial charge >= 0.3 is 0 Å². The van der Waals surface area contributed by atoms with E-state index in [4.69, 9.17) is 11.5 Å². The van der Waals surface area contributed by atoms with E-state index in [1.165, 1.54) is 32.4 Å². The third-order valence-corrected chi connectivity index (χ3v) is 2.68. The van der Waals surface area contributed by atoms with Crippen molar-refractivity contribution in [3.05, 3.63) is 0 Å². The molecule has 0 saturated carbocycles. The van der Waals surface area contributed by atoms with Gasteiger partial charge in [-0.3, -0.25) is 4.90 Å². The van der Waals surface area contributed by atoms with Crippen LogP contribution in [0.3, 0.4) is 0 Å². The van der Waals surface area contributed by atoms with Crippen molar-refractivity contribution < 1.29 is 0 Å². The highest BCUT2D eigenvalue weighted by Gasteiger charge is 2.17. The van der Waals surface area contributed by atoms with Crippen molar-refractivity contribution in [2.75, 3.05) is 26.2 Å². The fourth-order valence-electron chi connectivity index (χ4n) is 1.93. The zero-order valence-corrected chi connectivity index (χ0v) is 7.84. The fourth-order valence-corrected chi connectivity index (χ4v) is 1.93. The van der Waals surface area contributed by atoms with Crippen molar-refractivity contribution in [3.8, 4) is 0 Å². The molecule has 1 fully saturated rings. The Morgan fingerprint density at radius 2 is 1.75 bits per heavy atom. The summed E-state index contributed by atoms with van der Waals surface area (Å²) in [5.41, 5.74) is 11.2. The van der Waals surface area contributed by atoms with E-state index in [2.05, 4.69) is 4.90 Å². The zero-order valence-electron chi connectivity index (χ0n) is 7.84. The van der Waals surface area contributed by atoms with Crippen LogP contribution in [-0.4, -0.2) is 37.1 Å². The highest BCUT2D eigenvalue weighted by molar-refractivity contribution is 4.75. The number of rotatable bonds is 4. The van der Waals surface area contributed by atoms with Crippen LogP contribution in [-0.2, 0) is 0 Å². The lowest BCUT2D eigenvalue weighted by Gasteiger charge is -2.33. The van der Waals surface area contributed by atoms with Gasteiger partial charge in [-0.1, -0.05) is 6.42 Å². The number of nitrogens with zero attached hydrogens (tertiary/aromatic N) is 1. The Morgan fingerprint density at radius 1 is 1.08 bits per heavy atom. The maximum absolute atomic E-state index is 5.69. The quantitative estimate of drug-likeness (QED) is 0.633. The molecule has 4 N–H and O–H groups in total. The first-order valence-corrected chi connectivity index (χ1v) is 5.02. The summed E-state index contributed by atoms with van der Waals surface area (Å²) in [6.07, 6.45) is 5.11. The summed E-state index contributed by atoms with van der Waals surface area (Å²) in [4.78, 5) is 2.50. The first-order valence-electron chi connectivity index (χ1n) is 5.02. The largest absolute Gasteiger partial charge is 0.330 e. The van der Waals surface area contributed by atoms with E-state index >= 15 is 0 Å². The van der Waals surface area contributed by atoms with Crippen LogP contribution in [0.2, 0.25) is 0 Å². The molecule has 1 atom stereocenters. The van der Waals surface area contributed by atoms with Gasteiger partial charge in [0.05, 0.1) is 0 Å². The molecule has 0 aromatic heterocycles. The van der Waals surface area contributed by atoms with Gasteiger partial charge in [0.15, 0.2) is 0 Å². The van der Waals surface area contributed by atoms with Gasteiger partial charge in [-0.2, -0.15) is 0 Å². The summed E-state index contributed by atoms with van der Waals surface area (Å²) >= 11 is 0. The Bertz CT molecular complexity index is 108. The lowest BCUT2D eigenvalue weighted by atomic mass is 10.1. The van der Waals surface area contributed by atoms with Crippen molar-refractivity contribution in [2.45, 2.75) is 31.7 Å². The molecule has 12 heavy (non-hydrogen) atoms. The molecule has 1 rings (SSSR count). The Kier molecular flexibility index (Phi) is 4.58. The molecule has 0 aliphatic carbocycles. The summed E-state index contributed by atoms with van der Waals surface area (Å²) in [5, 5.41) is 0. The molecule has 0 spiro atoms. The maximum Gasteiger partial charge on any atom is 0.0230 e. The Morgan fingerprint density at radius 3 is 2.25 bits per heavy atom. The van der Waals surface area contributed by atoms with Gasteiger partial charge in [-0.15, -0.1) is 0 Å². The molecule has 3 nitrogen and oxygen atoms in total. The van der Waals surface area contributed by atoms with Crippen LogP contribution in [0.1, 0.15) is 25.7 Å². The number of likely N-dealkylation sites (tertiary alicyclic amines) is 1. The molecule has 1 unspecified atom stereocenters. The zero-order chi connectivity index (χ0) is 8.81. The van der Waals surface area contributed by atoms with E-state index < -0.39 is 0 Å². The molecule has 1 saturated heterocycles. The van der Waals surface area contributed by atoms with Crippen LogP contribution >= 0.6 is 0 Å². The van der Waals surface area contributed by atoms with Crippen molar-refractivity contribution in [3.63, 3.8) is 0 Å². The highest BCUT2D eigenvalue weighted by atomic mass is 15.2. The van der Waals surface area contributed by atoms with Crippen molar-refractivity contribution in [1.82, 2.24) is 4.90 Å². The monoisotopic (exact) mass is 171 g/mol. The lowest BCUT2D eigenvalue weighted by molar-refractivity contribution is 0.161. The number of piperidine rings is 1. The summed E-state index contributed by atoms with van der Waals surface area (Å²) in [7, 11) is 0. The van der Waals surface area contributed by atoms with E-state index in [0.29, 0.717) is 6.04 Å². The molecule has 1 aliphatic rings. The molecule has 0 amide bonds. The van der Waals surface area contributed by atoms with Crippen molar-refractivity contribution in [2.24, 2.45) is 11.5 Å². The summed E-state index contributed by atoms with van der Waals surface area (Å²) in [6.45, 7) is 3.97. The van der Waals surface area contributed by atoms with Crippen LogP contribution in [0.15, 0.2) is 0 Å². The molecule has 1 aliphatic heterocycles. The normalized spacial score (nSPS) is 22.5. The predicted molar refractivity (Wildman–Crippen MR) is 51.9 cm³/mol. The number of hydrogen-bond donors (Lipinski definition) is 2. The topological polar surface area (TPSA) is 55.3 Å². The van der Waals surface area contributed by atoms with Crippen LogP contribution in [0.5, 0.6) is 0 Å². The van der Waals surface area contributed by atoms with Crippen LogP contribution < -0.4 is 11.5 Å². The van der Waals surface area contributed by atoms with Gasteiger partial charge in [0.2, 0.25) is 0 Å². The molecule has 0 radical (unpaired) electrons. The maximum atomic E-state index is 5.69. The van der Waals surface area contributed by atoms with Gasteiger partial charge in [-0.25, -0.2) is 0 Å². The van der Waals surface area contributed by atoms with Crippen molar-refractivity contribution in [1.29, 1.82) is 0 Å². The Labute approximate surface area is 75.1 Å². The van der Waals surface area contributed by atoms with Crippen LogP contribution in [0.25, 0.3) is 0 Å². The second-order valence-electron chi connectivity index (χ2n) is 3.56. The third kappa shape index (κ3) is 2.73. The van der Waals surface area contributed by atoms with E-state index in [1.807, 2.05) is 0 Å². The first-order chi connectivity index (χ1) is 5.88. The standard InChI is InChI=1S/C9H21N3/c10-5-4-9(8-11)12-6-2-1-3-7-12/h9H,1-8,10-11H2. The van der Waals surface area contributed by atoms with Gasteiger partial charge in [0.1, 0.15) is 0 Å². The average Bonchev–Trinajstić information content (AvgIpc) is 2.15. The molecular formula is C9H21N3. The van der Waals surface area contributed by atoms with E-state index in [0.717, 1.165) is 19.5 Å². The minimum Gasteiger partial charge on any atom is -0.330 e. The fraction of sp³-hybridized carbons (Fsp3) is 1.00. The minimum atomic E-state index is 0.537. The molecule has 0 aromatic carbocycles. The lowest BCUT2D eigenvalue weighted by Crippen LogP contribution is -2.44. The first kappa shape index (κ1) is 9.96. The number of nitrogens with two attached hydrogens (primary N) is 2. The third-order valence-electron chi connectivity index (χ3n) is 2.68. The van der Waals surface area contributed by atoms with Gasteiger partial charge < -0.3 is 11.5 Å². The summed E-state index contributed by atoms with van der Waals surface area (Å²) < 4.78 is 0. The SMILES string of the molecule is NCCC(CN)N1CCCCC1. The molecule has 3 heteroatoms. The molecule has 0 aromatic rings. The highest BCUT2D eigenvalue weighted by Crippen LogP contribution is 2.12. The van der Waals surface area contributed by atoms with Gasteiger partial charge in [-0.05, 0) is 38.9 Å². The molecule has 1 heterocycles. The molecule has 0 bridgehead atoms. The van der Waals surface area contributed by atoms with Crippen LogP contribution in [0, 0.1) is 0 Å². The Hall–Kier alpha value is -0.120. The second-order valence-corrected chi connectivity index (χ2v) is 3.56. The smallest absolute Gasteiger partial charge is 0.0230 e. The molecule has 72 valence electrons. The van der Waals surface area contributed by atoms with Gasteiger partial charge in [0, 0.05) is 12.6 Å². The van der Waals surface area contributed by atoms with Crippen molar-refractivity contribution >= 4 is 0 Å². The van der Waals surface area contributed by atoms with Gasteiger partial charge in [0.25, 0.3) is 0 Å². The second kappa shape index (κ2) is 5.51.